The SMILES string of the molecule is O=[N+]([O-])[O-].O=[N+]([O-])[O-].[Co+2].c1ccc(-c2nc[nH]c2-c2ccccc2)cc1.c1ccc(-c2nc[nH]c2-c2ccccc2)cc1. The standard InChI is InChI=1S/2C15H12N2.Co.2NO3/c2*1-3-7-12(8-4-1)14-15(17-11-16-14)13-9-5-2-6-10-13;;2*2-1(3)4/h2*1-11H,(H,16,17);;;/q;;+2;2*-1. The topological polar surface area (TPSA) is 190 Å². The van der Waals surface area contributed by atoms with E-state index in [0.29, 0.717) is 0 Å². The Morgan fingerprint density at radius 2 is 0.674 bits per heavy atom. The predicted molar refractivity (Wildman–Crippen MR) is 160 cm³/mol. The smallest absolute Gasteiger partial charge is 0.356 e. The number of hydrogen-bond acceptors (Lipinski definition) is 8. The molecule has 2 heterocycles. The Balaban J connectivity index is 0.000000237. The summed E-state index contributed by atoms with van der Waals surface area (Å²) in [6, 6.07) is 40.9. The fraction of sp³-hybridized carbons (Fsp3) is 0. The van der Waals surface area contributed by atoms with Crippen molar-refractivity contribution in [2.24, 2.45) is 0 Å². The molecule has 1 radical (unpaired) electrons. The Labute approximate surface area is 256 Å². The summed E-state index contributed by atoms with van der Waals surface area (Å²) in [6.45, 7) is 0. The van der Waals surface area contributed by atoms with Crippen LogP contribution in [0.5, 0.6) is 0 Å². The van der Waals surface area contributed by atoms with E-state index >= 15 is 0 Å². The van der Waals surface area contributed by atoms with E-state index in [1.165, 1.54) is 0 Å². The minimum Gasteiger partial charge on any atom is -0.356 e. The average molecular weight is 623 g/mol. The molecule has 43 heavy (non-hydrogen) atoms. The van der Waals surface area contributed by atoms with Crippen LogP contribution in [0.3, 0.4) is 0 Å². The van der Waals surface area contributed by atoms with Crippen molar-refractivity contribution in [3.05, 3.63) is 165 Å². The van der Waals surface area contributed by atoms with E-state index in [4.69, 9.17) is 30.6 Å². The molecule has 2 aromatic heterocycles. The number of hydrogen-bond donors (Lipinski definition) is 2. The number of nitrogens with one attached hydrogen (secondary N) is 2. The molecule has 0 saturated carbocycles. The predicted octanol–water partition coefficient (Wildman–Crippen LogP) is 7.01. The van der Waals surface area contributed by atoms with E-state index in [0.717, 1.165) is 45.0 Å². The number of rotatable bonds is 4. The molecule has 0 aliphatic heterocycles. The monoisotopic (exact) mass is 623 g/mol. The molecule has 0 amide bonds. The van der Waals surface area contributed by atoms with Gasteiger partial charge in [-0.25, -0.2) is 9.97 Å². The third-order valence-electron chi connectivity index (χ3n) is 5.50. The molecular formula is C30H24CoN6O6. The van der Waals surface area contributed by atoms with Crippen LogP contribution in [0.15, 0.2) is 134 Å². The Kier molecular flexibility index (Phi) is 13.8. The van der Waals surface area contributed by atoms with Crippen LogP contribution < -0.4 is 0 Å². The van der Waals surface area contributed by atoms with Crippen molar-refractivity contribution in [1.29, 1.82) is 0 Å². The second-order valence-electron chi connectivity index (χ2n) is 8.16. The maximum Gasteiger partial charge on any atom is 2.00 e. The summed E-state index contributed by atoms with van der Waals surface area (Å²) in [5.74, 6) is 0. The van der Waals surface area contributed by atoms with Gasteiger partial charge in [0.15, 0.2) is 0 Å². The molecular weight excluding hydrogens is 599 g/mol. The van der Waals surface area contributed by atoms with Crippen LogP contribution in [-0.4, -0.2) is 30.1 Å². The Bertz CT molecular complexity index is 1410. The van der Waals surface area contributed by atoms with Gasteiger partial charge in [-0.1, -0.05) is 121 Å². The van der Waals surface area contributed by atoms with E-state index in [1.807, 2.05) is 72.8 Å². The maximum atomic E-state index is 8.25. The van der Waals surface area contributed by atoms with Gasteiger partial charge < -0.3 is 40.6 Å². The van der Waals surface area contributed by atoms with Gasteiger partial charge in [-0.15, -0.1) is 0 Å². The molecule has 0 saturated heterocycles. The number of aromatic nitrogens is 4. The van der Waals surface area contributed by atoms with Crippen molar-refractivity contribution in [2.45, 2.75) is 0 Å². The van der Waals surface area contributed by atoms with Gasteiger partial charge in [0.25, 0.3) is 0 Å². The first-order chi connectivity index (χ1) is 20.4. The summed E-state index contributed by atoms with van der Waals surface area (Å²) in [7, 11) is 0. The fourth-order valence-corrected chi connectivity index (χ4v) is 3.87. The van der Waals surface area contributed by atoms with Gasteiger partial charge in [-0.2, -0.15) is 0 Å². The molecule has 0 aliphatic carbocycles. The van der Waals surface area contributed by atoms with Crippen LogP contribution in [0, 0.1) is 30.6 Å². The normalized spacial score (nSPS) is 9.30. The third kappa shape index (κ3) is 10.9. The Morgan fingerprint density at radius 3 is 0.930 bits per heavy atom. The summed E-state index contributed by atoms with van der Waals surface area (Å²) in [4.78, 5) is 31.7. The molecule has 219 valence electrons. The molecule has 0 unspecified atom stereocenters. The van der Waals surface area contributed by atoms with Crippen molar-refractivity contribution in [3.8, 4) is 45.0 Å². The van der Waals surface area contributed by atoms with Gasteiger partial charge in [0.05, 0.1) is 45.6 Å². The second-order valence-corrected chi connectivity index (χ2v) is 8.16. The largest absolute Gasteiger partial charge is 2.00 e. The average Bonchev–Trinajstić information content (AvgIpc) is 3.70. The van der Waals surface area contributed by atoms with Crippen molar-refractivity contribution in [1.82, 2.24) is 19.9 Å². The van der Waals surface area contributed by atoms with Gasteiger partial charge in [0.2, 0.25) is 0 Å². The molecule has 0 aliphatic rings. The molecule has 0 atom stereocenters. The van der Waals surface area contributed by atoms with Crippen molar-refractivity contribution in [3.63, 3.8) is 0 Å². The van der Waals surface area contributed by atoms with Crippen LogP contribution in [0.4, 0.5) is 0 Å². The number of aromatic amines is 2. The van der Waals surface area contributed by atoms with E-state index in [-0.39, 0.29) is 16.8 Å². The van der Waals surface area contributed by atoms with Crippen LogP contribution in [0.1, 0.15) is 0 Å². The first kappa shape index (κ1) is 33.4. The van der Waals surface area contributed by atoms with Gasteiger partial charge in [-0.3, -0.25) is 0 Å². The van der Waals surface area contributed by atoms with Gasteiger partial charge in [0, 0.05) is 22.3 Å². The van der Waals surface area contributed by atoms with Crippen molar-refractivity contribution in [2.75, 3.05) is 0 Å². The van der Waals surface area contributed by atoms with E-state index < -0.39 is 10.2 Å². The van der Waals surface area contributed by atoms with Crippen LogP contribution >= 0.6 is 0 Å². The van der Waals surface area contributed by atoms with Crippen molar-refractivity contribution < 1.29 is 27.0 Å². The zero-order valence-corrected chi connectivity index (χ0v) is 23.3. The molecule has 4 aromatic carbocycles. The molecule has 12 nitrogen and oxygen atoms in total. The summed E-state index contributed by atoms with van der Waals surface area (Å²) < 4.78 is 0. The zero-order chi connectivity index (χ0) is 30.2. The fourth-order valence-electron chi connectivity index (χ4n) is 3.87. The Hall–Kier alpha value is -5.79. The summed E-state index contributed by atoms with van der Waals surface area (Å²) in [5, 5.41) is 29.5. The first-order valence-electron chi connectivity index (χ1n) is 12.3. The number of H-pyrrole nitrogens is 2. The zero-order valence-electron chi connectivity index (χ0n) is 22.3. The van der Waals surface area contributed by atoms with Crippen LogP contribution in [0.25, 0.3) is 45.0 Å². The van der Waals surface area contributed by atoms with Gasteiger partial charge in [0.1, 0.15) is 0 Å². The molecule has 0 spiro atoms. The second kappa shape index (κ2) is 17.8. The van der Waals surface area contributed by atoms with Gasteiger partial charge in [-0.05, 0) is 0 Å². The minimum atomic E-state index is -1.75. The molecule has 13 heteroatoms. The van der Waals surface area contributed by atoms with E-state index in [2.05, 4.69) is 68.5 Å². The molecule has 0 fully saturated rings. The van der Waals surface area contributed by atoms with Crippen molar-refractivity contribution >= 4 is 0 Å². The minimum absolute atomic E-state index is 0. The van der Waals surface area contributed by atoms with Gasteiger partial charge >= 0.3 is 16.8 Å². The van der Waals surface area contributed by atoms with E-state index in [9.17, 15) is 0 Å². The summed E-state index contributed by atoms with van der Waals surface area (Å²) >= 11 is 0. The molecule has 6 aromatic rings. The number of benzene rings is 4. The first-order valence-corrected chi connectivity index (χ1v) is 12.3. The number of nitrogens with zero attached hydrogens (tertiary/aromatic N) is 4. The molecule has 6 rings (SSSR count). The maximum absolute atomic E-state index is 8.25. The summed E-state index contributed by atoms with van der Waals surface area (Å²) in [5.41, 5.74) is 8.70. The number of imidazole rings is 2. The van der Waals surface area contributed by atoms with Crippen LogP contribution in [-0.2, 0) is 16.8 Å². The summed E-state index contributed by atoms with van der Waals surface area (Å²) in [6.07, 6.45) is 3.48. The molecule has 2 N–H and O–H groups in total. The quantitative estimate of drug-likeness (QED) is 0.155. The third-order valence-corrected chi connectivity index (χ3v) is 5.50. The molecule has 0 bridgehead atoms. The van der Waals surface area contributed by atoms with E-state index in [1.54, 1.807) is 12.7 Å². The Morgan fingerprint density at radius 1 is 0.442 bits per heavy atom. The van der Waals surface area contributed by atoms with Crippen LogP contribution in [0.2, 0.25) is 0 Å².